The van der Waals surface area contributed by atoms with Gasteiger partial charge in [0.1, 0.15) is 24.2 Å². The number of ether oxygens (including phenoxy) is 2. The maximum Gasteiger partial charge on any atom is 0.334 e. The number of nitrogens with two attached hydrogens (primary N) is 5. The molecule has 0 aromatic rings. The Hall–Kier alpha value is -1.59. The van der Waals surface area contributed by atoms with E-state index in [0.717, 1.165) is 6.42 Å². The topological polar surface area (TPSA) is 200 Å². The molecule has 10 heteroatoms. The first-order chi connectivity index (χ1) is 12.2. The van der Waals surface area contributed by atoms with Crippen molar-refractivity contribution in [2.45, 2.75) is 69.7 Å². The van der Waals surface area contributed by atoms with Crippen molar-refractivity contribution < 1.29 is 23.9 Å². The zero-order valence-corrected chi connectivity index (χ0v) is 15.4. The van der Waals surface area contributed by atoms with Crippen LogP contribution in [0.3, 0.4) is 0 Å². The van der Waals surface area contributed by atoms with Gasteiger partial charge in [0, 0.05) is 0 Å². The summed E-state index contributed by atoms with van der Waals surface area (Å²) in [7, 11) is 0. The Morgan fingerprint density at radius 2 is 1.23 bits per heavy atom. The fraction of sp³-hybridized carbons (Fsp3) is 0.812. The highest BCUT2D eigenvalue weighted by molar-refractivity contribution is 5.91. The van der Waals surface area contributed by atoms with Gasteiger partial charge in [0.05, 0.1) is 0 Å². The molecule has 0 bridgehead atoms. The number of unbranched alkanes of at least 4 members (excludes halogenated alkanes) is 2. The number of carbonyl (C=O) groups excluding carboxylic acids is 3. The third-order valence-electron chi connectivity index (χ3n) is 3.83. The maximum absolute atomic E-state index is 11.9. The lowest BCUT2D eigenvalue weighted by atomic mass is 10.1. The Kier molecular flexibility index (Phi) is 12.8. The molecule has 10 N–H and O–H groups in total. The fourth-order valence-electron chi connectivity index (χ4n) is 2.03. The van der Waals surface area contributed by atoms with Gasteiger partial charge in [0.25, 0.3) is 0 Å². The van der Waals surface area contributed by atoms with Gasteiger partial charge in [0.2, 0.25) is 0 Å². The Labute approximate surface area is 154 Å². The van der Waals surface area contributed by atoms with Gasteiger partial charge in [0.15, 0.2) is 0 Å². The van der Waals surface area contributed by atoms with Crippen molar-refractivity contribution in [3.8, 4) is 0 Å². The van der Waals surface area contributed by atoms with Crippen LogP contribution in [0, 0.1) is 0 Å². The molecular weight excluding hydrogens is 342 g/mol. The van der Waals surface area contributed by atoms with Gasteiger partial charge in [-0.3, -0.25) is 4.79 Å². The van der Waals surface area contributed by atoms with Gasteiger partial charge in [-0.2, -0.15) is 0 Å². The summed E-state index contributed by atoms with van der Waals surface area (Å²) in [5.41, 5.74) is 27.8. The van der Waals surface area contributed by atoms with Crippen molar-refractivity contribution in [2.24, 2.45) is 28.7 Å². The normalized spacial score (nSPS) is 15.6. The first-order valence-electron chi connectivity index (χ1n) is 8.87. The van der Waals surface area contributed by atoms with Crippen molar-refractivity contribution in [1.29, 1.82) is 0 Å². The molecule has 0 saturated carbocycles. The molecule has 0 rings (SSSR count). The summed E-state index contributed by atoms with van der Waals surface area (Å²) in [4.78, 5) is 35.5. The number of rotatable bonds is 13. The van der Waals surface area contributed by atoms with Crippen LogP contribution in [0.1, 0.15) is 45.4 Å². The highest BCUT2D eigenvalue weighted by atomic mass is 16.6. The number of hydrogen-bond donors (Lipinski definition) is 5. The lowest BCUT2D eigenvalue weighted by Crippen LogP contribution is -2.47. The molecular formula is C16H33N5O5. The second kappa shape index (κ2) is 13.6. The van der Waals surface area contributed by atoms with Crippen LogP contribution in [0.4, 0.5) is 0 Å². The minimum Gasteiger partial charge on any atom is -0.459 e. The second-order valence-corrected chi connectivity index (χ2v) is 6.19. The maximum atomic E-state index is 11.9. The summed E-state index contributed by atoms with van der Waals surface area (Å²) in [6, 6.07) is -3.09. The molecule has 0 amide bonds. The molecule has 152 valence electrons. The molecule has 0 aromatic carbocycles. The standard InChI is InChI=1S/C16H33N5O5/c1-10(25-14(22)11(19)6-2-4-8-17)13(21)16(24)26-15(23)12(20)7-3-5-9-18/h10-13H,2-9,17-21H2,1H3/t10-,11+,12+,13+/m1/s1. The van der Waals surface area contributed by atoms with Crippen molar-refractivity contribution in [3.63, 3.8) is 0 Å². The number of hydrogen-bond acceptors (Lipinski definition) is 10. The van der Waals surface area contributed by atoms with E-state index in [-0.39, 0.29) is 0 Å². The molecule has 0 unspecified atom stereocenters. The van der Waals surface area contributed by atoms with Crippen LogP contribution in [-0.4, -0.2) is 55.2 Å². The van der Waals surface area contributed by atoms with E-state index < -0.39 is 42.1 Å². The lowest BCUT2D eigenvalue weighted by Gasteiger charge is -2.21. The van der Waals surface area contributed by atoms with Gasteiger partial charge in [-0.25, -0.2) is 9.59 Å². The average molecular weight is 375 g/mol. The van der Waals surface area contributed by atoms with Crippen LogP contribution in [0.15, 0.2) is 0 Å². The lowest BCUT2D eigenvalue weighted by molar-refractivity contribution is -0.165. The summed E-state index contributed by atoms with van der Waals surface area (Å²) >= 11 is 0. The van der Waals surface area contributed by atoms with E-state index in [1.807, 2.05) is 0 Å². The summed E-state index contributed by atoms with van der Waals surface area (Å²) in [5.74, 6) is -2.57. The van der Waals surface area contributed by atoms with Gasteiger partial charge in [-0.15, -0.1) is 0 Å². The molecule has 0 spiro atoms. The Morgan fingerprint density at radius 1 is 0.769 bits per heavy atom. The molecule has 0 heterocycles. The first kappa shape index (κ1) is 24.4. The van der Waals surface area contributed by atoms with Crippen LogP contribution in [-0.2, 0) is 23.9 Å². The number of carbonyl (C=O) groups is 3. The highest BCUT2D eigenvalue weighted by Gasteiger charge is 2.30. The molecule has 10 nitrogen and oxygen atoms in total. The summed E-state index contributed by atoms with van der Waals surface area (Å²) in [5, 5.41) is 0. The van der Waals surface area contributed by atoms with Gasteiger partial charge < -0.3 is 38.1 Å². The minimum absolute atomic E-state index is 0.348. The van der Waals surface area contributed by atoms with Crippen LogP contribution >= 0.6 is 0 Å². The molecule has 0 aliphatic heterocycles. The minimum atomic E-state index is -1.32. The van der Waals surface area contributed by atoms with Crippen molar-refractivity contribution in [1.82, 2.24) is 0 Å². The predicted octanol–water partition coefficient (Wildman–Crippen LogP) is -1.77. The molecule has 4 atom stereocenters. The summed E-state index contributed by atoms with van der Waals surface area (Å²) < 4.78 is 9.72. The summed E-state index contributed by atoms with van der Waals surface area (Å²) in [6.45, 7) is 2.42. The number of esters is 3. The van der Waals surface area contributed by atoms with E-state index in [2.05, 4.69) is 4.74 Å². The average Bonchev–Trinajstić information content (AvgIpc) is 2.60. The van der Waals surface area contributed by atoms with E-state index in [1.165, 1.54) is 6.92 Å². The van der Waals surface area contributed by atoms with Crippen LogP contribution < -0.4 is 28.7 Å². The van der Waals surface area contributed by atoms with Crippen molar-refractivity contribution in [2.75, 3.05) is 13.1 Å². The van der Waals surface area contributed by atoms with Gasteiger partial charge >= 0.3 is 17.9 Å². The van der Waals surface area contributed by atoms with Gasteiger partial charge in [-0.1, -0.05) is 12.8 Å². The first-order valence-corrected chi connectivity index (χ1v) is 8.87. The molecule has 0 aliphatic rings. The van der Waals surface area contributed by atoms with Crippen LogP contribution in [0.2, 0.25) is 0 Å². The fourth-order valence-corrected chi connectivity index (χ4v) is 2.03. The zero-order valence-electron chi connectivity index (χ0n) is 15.4. The van der Waals surface area contributed by atoms with E-state index in [0.29, 0.717) is 45.2 Å². The predicted molar refractivity (Wildman–Crippen MR) is 96.4 cm³/mol. The van der Waals surface area contributed by atoms with E-state index in [9.17, 15) is 14.4 Å². The Bertz CT molecular complexity index is 449. The van der Waals surface area contributed by atoms with E-state index in [1.54, 1.807) is 0 Å². The Balaban J connectivity index is 4.35. The zero-order chi connectivity index (χ0) is 20.1. The monoisotopic (exact) mass is 375 g/mol. The van der Waals surface area contributed by atoms with Crippen molar-refractivity contribution in [3.05, 3.63) is 0 Å². The highest BCUT2D eigenvalue weighted by Crippen LogP contribution is 2.06. The van der Waals surface area contributed by atoms with E-state index in [4.69, 9.17) is 33.4 Å². The largest absolute Gasteiger partial charge is 0.459 e. The second-order valence-electron chi connectivity index (χ2n) is 6.19. The summed E-state index contributed by atoms with van der Waals surface area (Å²) in [6.07, 6.45) is 2.55. The Morgan fingerprint density at radius 3 is 1.69 bits per heavy atom. The quantitative estimate of drug-likeness (QED) is 0.139. The molecule has 26 heavy (non-hydrogen) atoms. The molecule has 0 radical (unpaired) electrons. The molecule has 0 aliphatic carbocycles. The SMILES string of the molecule is C[C@@H](OC(=O)[C@@H](N)CCCCN)[C@H](N)C(=O)OC(=O)[C@@H](N)CCCCN. The molecule has 0 fully saturated rings. The third kappa shape index (κ3) is 9.78. The van der Waals surface area contributed by atoms with Crippen molar-refractivity contribution >= 4 is 17.9 Å². The smallest absolute Gasteiger partial charge is 0.334 e. The van der Waals surface area contributed by atoms with Crippen LogP contribution in [0.25, 0.3) is 0 Å². The third-order valence-corrected chi connectivity index (χ3v) is 3.83. The van der Waals surface area contributed by atoms with Gasteiger partial charge in [-0.05, 0) is 45.7 Å². The van der Waals surface area contributed by atoms with E-state index >= 15 is 0 Å². The molecule has 0 aromatic heterocycles. The molecule has 0 saturated heterocycles. The van der Waals surface area contributed by atoms with Crippen LogP contribution in [0.5, 0.6) is 0 Å².